The van der Waals surface area contributed by atoms with E-state index in [1.807, 2.05) is 61.5 Å². The summed E-state index contributed by atoms with van der Waals surface area (Å²) in [6.45, 7) is 1.63. The number of aryl methyl sites for hydroxylation is 1. The van der Waals surface area contributed by atoms with E-state index in [4.69, 9.17) is 16.3 Å². The molecule has 0 amide bonds. The van der Waals surface area contributed by atoms with Crippen LogP contribution >= 0.6 is 11.6 Å². The summed E-state index contributed by atoms with van der Waals surface area (Å²) >= 11 is 6.55. The van der Waals surface area contributed by atoms with Gasteiger partial charge < -0.3 is 20.1 Å². The van der Waals surface area contributed by atoms with Crippen LogP contribution in [0.4, 0.5) is 0 Å². The van der Waals surface area contributed by atoms with Crippen LogP contribution in [0, 0.1) is 6.92 Å². The third-order valence-electron chi connectivity index (χ3n) is 5.54. The summed E-state index contributed by atoms with van der Waals surface area (Å²) in [6.07, 6.45) is 0. The van der Waals surface area contributed by atoms with Crippen molar-refractivity contribution in [2.24, 2.45) is 0 Å². The molecule has 0 spiro atoms. The molecule has 8 heteroatoms. The van der Waals surface area contributed by atoms with E-state index in [2.05, 4.69) is 5.10 Å². The fraction of sp³-hybridized carbons (Fsp3) is 0.348. The van der Waals surface area contributed by atoms with Crippen molar-refractivity contribution in [3.05, 3.63) is 76.6 Å². The minimum atomic E-state index is -1.07. The van der Waals surface area contributed by atoms with Crippen molar-refractivity contribution in [3.63, 3.8) is 0 Å². The molecule has 7 nitrogen and oxygen atoms in total. The van der Waals surface area contributed by atoms with Gasteiger partial charge in [-0.15, -0.1) is 0 Å². The van der Waals surface area contributed by atoms with Gasteiger partial charge in [-0.05, 0) is 43.8 Å². The number of ether oxygens (including phenoxy) is 1. The summed E-state index contributed by atoms with van der Waals surface area (Å²) < 4.78 is 7.62. The largest absolute Gasteiger partial charge is 0.489 e. The Morgan fingerprint density at radius 3 is 2.19 bits per heavy atom. The molecule has 0 aliphatic heterocycles. The number of aromatic nitrogens is 2. The maximum absolute atomic E-state index is 9.57. The second-order valence-corrected chi connectivity index (χ2v) is 7.95. The quantitative estimate of drug-likeness (QED) is 0.444. The number of halogens is 1. The lowest BCUT2D eigenvalue weighted by molar-refractivity contribution is -0.0387. The summed E-state index contributed by atoms with van der Waals surface area (Å²) in [5.74, 6) is 0.687. The molecule has 1 aromatic heterocycles. The normalized spacial score (nSPS) is 11.8. The fourth-order valence-electron chi connectivity index (χ4n) is 3.24. The molecule has 1 heterocycles. The van der Waals surface area contributed by atoms with E-state index in [1.54, 1.807) is 16.6 Å². The van der Waals surface area contributed by atoms with Crippen LogP contribution in [0.1, 0.15) is 16.8 Å². The van der Waals surface area contributed by atoms with E-state index in [0.29, 0.717) is 24.1 Å². The predicted molar refractivity (Wildman–Crippen MR) is 120 cm³/mol. The minimum absolute atomic E-state index is 0.291. The van der Waals surface area contributed by atoms with E-state index in [1.165, 1.54) is 0 Å². The van der Waals surface area contributed by atoms with Crippen molar-refractivity contribution in [1.29, 1.82) is 0 Å². The minimum Gasteiger partial charge on any atom is -0.489 e. The second kappa shape index (κ2) is 10.3. The Hall–Kier alpha value is -2.42. The van der Waals surface area contributed by atoms with Crippen molar-refractivity contribution in [1.82, 2.24) is 14.7 Å². The van der Waals surface area contributed by atoms with E-state index < -0.39 is 5.54 Å². The molecule has 0 fully saturated rings. The number of benzene rings is 2. The third-order valence-corrected chi connectivity index (χ3v) is 5.93. The van der Waals surface area contributed by atoms with Gasteiger partial charge in [0.05, 0.1) is 36.7 Å². The lowest BCUT2D eigenvalue weighted by atomic mass is 10.0. The number of aliphatic hydroxyl groups excluding tert-OH is 3. The highest BCUT2D eigenvalue weighted by Gasteiger charge is 2.32. The molecule has 0 saturated carbocycles. The van der Waals surface area contributed by atoms with Crippen LogP contribution < -0.4 is 4.74 Å². The maximum atomic E-state index is 9.57. The van der Waals surface area contributed by atoms with E-state index in [9.17, 15) is 15.3 Å². The molecule has 0 aliphatic carbocycles. The van der Waals surface area contributed by atoms with Crippen LogP contribution in [-0.2, 0) is 13.2 Å². The summed E-state index contributed by atoms with van der Waals surface area (Å²) in [5, 5.41) is 33.7. The first-order valence-corrected chi connectivity index (χ1v) is 10.4. The molecule has 2 aromatic carbocycles. The van der Waals surface area contributed by atoms with Crippen LogP contribution in [-0.4, -0.2) is 62.4 Å². The van der Waals surface area contributed by atoms with Crippen LogP contribution in [0.5, 0.6) is 5.75 Å². The highest BCUT2D eigenvalue weighted by atomic mass is 35.5. The molecular formula is C23H28ClN3O4. The van der Waals surface area contributed by atoms with Crippen LogP contribution in [0.2, 0.25) is 5.15 Å². The SMILES string of the molecule is Cc1nn(-c2ccccc2)c(Cl)c1COc1ccc(CN(C)C(CO)(CO)CO)cc1. The van der Waals surface area contributed by atoms with Gasteiger partial charge in [0.15, 0.2) is 0 Å². The van der Waals surface area contributed by atoms with Gasteiger partial charge in [0.1, 0.15) is 17.5 Å². The molecule has 0 radical (unpaired) electrons. The molecule has 3 rings (SSSR count). The van der Waals surface area contributed by atoms with E-state index >= 15 is 0 Å². The number of hydrogen-bond acceptors (Lipinski definition) is 6. The standard InChI is InChI=1S/C23H28ClN3O4/c1-17-21(22(24)27(25-17)19-6-4-3-5-7-19)13-31-20-10-8-18(9-11-20)12-26(2)23(14-28,15-29)16-30/h3-11,28-30H,12-16H2,1-2H3. The summed E-state index contributed by atoms with van der Waals surface area (Å²) in [5.41, 5.74) is 2.41. The highest BCUT2D eigenvalue weighted by Crippen LogP contribution is 2.25. The summed E-state index contributed by atoms with van der Waals surface area (Å²) in [7, 11) is 1.75. The molecule has 31 heavy (non-hydrogen) atoms. The molecule has 3 aromatic rings. The van der Waals surface area contributed by atoms with Gasteiger partial charge in [-0.25, -0.2) is 4.68 Å². The Morgan fingerprint density at radius 2 is 1.61 bits per heavy atom. The zero-order valence-electron chi connectivity index (χ0n) is 17.7. The lowest BCUT2D eigenvalue weighted by Crippen LogP contribution is -2.55. The molecular weight excluding hydrogens is 418 g/mol. The third kappa shape index (κ3) is 5.08. The lowest BCUT2D eigenvalue weighted by Gasteiger charge is -2.37. The zero-order chi connectivity index (χ0) is 22.4. The van der Waals surface area contributed by atoms with Crippen LogP contribution in [0.3, 0.4) is 0 Å². The van der Waals surface area contributed by atoms with Crippen LogP contribution in [0.15, 0.2) is 54.6 Å². The fourth-order valence-corrected chi connectivity index (χ4v) is 3.56. The zero-order valence-corrected chi connectivity index (χ0v) is 18.5. The van der Waals surface area contributed by atoms with E-state index in [-0.39, 0.29) is 19.8 Å². The number of likely N-dealkylation sites (N-methyl/N-ethyl adjacent to an activating group) is 1. The van der Waals surface area contributed by atoms with Crippen LogP contribution in [0.25, 0.3) is 5.69 Å². The first-order valence-electron chi connectivity index (χ1n) is 9.99. The molecule has 3 N–H and O–H groups in total. The number of nitrogens with zero attached hydrogens (tertiary/aromatic N) is 3. The molecule has 0 unspecified atom stereocenters. The molecule has 0 bridgehead atoms. The van der Waals surface area contributed by atoms with Gasteiger partial charge in [0.2, 0.25) is 0 Å². The van der Waals surface area contributed by atoms with Gasteiger partial charge in [0, 0.05) is 12.1 Å². The van der Waals surface area contributed by atoms with E-state index in [0.717, 1.165) is 22.5 Å². The predicted octanol–water partition coefficient (Wildman–Crippen LogP) is 2.56. The Balaban J connectivity index is 1.66. The van der Waals surface area contributed by atoms with Crippen molar-refractivity contribution in [2.45, 2.75) is 25.6 Å². The number of rotatable bonds is 10. The van der Waals surface area contributed by atoms with Gasteiger partial charge >= 0.3 is 0 Å². The van der Waals surface area contributed by atoms with Crippen molar-refractivity contribution < 1.29 is 20.1 Å². The topological polar surface area (TPSA) is 91.0 Å². The number of para-hydroxylation sites is 1. The van der Waals surface area contributed by atoms with Gasteiger partial charge in [-0.2, -0.15) is 5.10 Å². The summed E-state index contributed by atoms with van der Waals surface area (Å²) in [4.78, 5) is 1.74. The van der Waals surface area contributed by atoms with Gasteiger partial charge in [-0.1, -0.05) is 41.9 Å². The first kappa shape index (κ1) is 23.2. The average molecular weight is 446 g/mol. The average Bonchev–Trinajstić information content (AvgIpc) is 3.09. The summed E-state index contributed by atoms with van der Waals surface area (Å²) in [6, 6.07) is 17.2. The Labute approximate surface area is 187 Å². The highest BCUT2D eigenvalue weighted by molar-refractivity contribution is 6.30. The number of hydrogen-bond donors (Lipinski definition) is 3. The monoisotopic (exact) mass is 445 g/mol. The first-order chi connectivity index (χ1) is 14.9. The molecule has 0 aliphatic rings. The Bertz CT molecular complexity index is 964. The van der Waals surface area contributed by atoms with Crippen molar-refractivity contribution in [2.75, 3.05) is 26.9 Å². The Kier molecular flexibility index (Phi) is 7.69. The van der Waals surface area contributed by atoms with Gasteiger partial charge in [0.25, 0.3) is 0 Å². The van der Waals surface area contributed by atoms with Crippen molar-refractivity contribution >= 4 is 11.6 Å². The molecule has 0 atom stereocenters. The Morgan fingerprint density at radius 1 is 1.00 bits per heavy atom. The smallest absolute Gasteiger partial charge is 0.139 e. The molecule has 0 saturated heterocycles. The van der Waals surface area contributed by atoms with Crippen molar-refractivity contribution in [3.8, 4) is 11.4 Å². The molecule has 166 valence electrons. The van der Waals surface area contributed by atoms with Gasteiger partial charge in [-0.3, -0.25) is 4.90 Å². The second-order valence-electron chi connectivity index (χ2n) is 7.59. The number of aliphatic hydroxyl groups is 3. The maximum Gasteiger partial charge on any atom is 0.139 e.